The molecule has 0 fully saturated rings. The predicted octanol–water partition coefficient (Wildman–Crippen LogP) is 20.6. The minimum atomic E-state index is -0.855. The smallest absolute Gasteiger partial charge is 0.306 e. The van der Waals surface area contributed by atoms with Gasteiger partial charge in [-0.1, -0.05) is 241 Å². The Labute approximate surface area is 471 Å². The highest BCUT2D eigenvalue weighted by atomic mass is 16.6. The fraction of sp³-hybridized carbons (Fsp3) is 0.507. The number of carbonyl (C=O) groups is 3. The van der Waals surface area contributed by atoms with Crippen LogP contribution in [-0.2, 0) is 28.6 Å². The first-order valence-electron chi connectivity index (χ1n) is 29.9. The van der Waals surface area contributed by atoms with Crippen LogP contribution in [0.1, 0.15) is 213 Å². The Morgan fingerprint density at radius 1 is 0.273 bits per heavy atom. The van der Waals surface area contributed by atoms with Crippen molar-refractivity contribution in [1.82, 2.24) is 0 Å². The molecule has 0 aromatic carbocycles. The van der Waals surface area contributed by atoms with Gasteiger partial charge in [0.2, 0.25) is 0 Å². The number of carbonyl (C=O) groups excluding carboxylic acids is 3. The SMILES string of the molecule is CC/C=C\C/C=C\C/C=C\C/C=C\C/C=C\C/C=C\C/C=C\C/C=C\CCCCC(=O)OCC(COC(=O)CCCCCCC/C=C\C/C=C\CCC)OC(=O)CC/C=C\C/C=C\C/C=C\C/C=C\C/C=C\C/C=C\CC. The summed E-state index contributed by atoms with van der Waals surface area (Å²) in [7, 11) is 0. The molecule has 0 N–H and O–H groups in total. The predicted molar refractivity (Wildman–Crippen MR) is 334 cm³/mol. The van der Waals surface area contributed by atoms with Gasteiger partial charge >= 0.3 is 17.9 Å². The Morgan fingerprint density at radius 3 is 0.870 bits per heavy atom. The quantitative estimate of drug-likeness (QED) is 0.0261. The van der Waals surface area contributed by atoms with Gasteiger partial charge in [0.05, 0.1) is 0 Å². The van der Waals surface area contributed by atoms with Crippen molar-refractivity contribution >= 4 is 17.9 Å². The number of allylic oxidation sites excluding steroid dienone is 32. The average Bonchev–Trinajstić information content (AvgIpc) is 3.43. The molecule has 0 aliphatic rings. The van der Waals surface area contributed by atoms with Crippen LogP contribution < -0.4 is 0 Å². The van der Waals surface area contributed by atoms with E-state index in [1.807, 2.05) is 12.2 Å². The van der Waals surface area contributed by atoms with Gasteiger partial charge in [0, 0.05) is 19.3 Å². The third-order valence-corrected chi connectivity index (χ3v) is 11.6. The van der Waals surface area contributed by atoms with E-state index in [2.05, 4.69) is 203 Å². The fourth-order valence-electron chi connectivity index (χ4n) is 7.17. The summed E-state index contributed by atoms with van der Waals surface area (Å²) < 4.78 is 16.7. The van der Waals surface area contributed by atoms with E-state index < -0.39 is 12.1 Å². The molecule has 0 spiro atoms. The Kier molecular flexibility index (Phi) is 58.1. The second-order valence-corrected chi connectivity index (χ2v) is 18.8. The topological polar surface area (TPSA) is 78.9 Å². The number of rotatable bonds is 51. The molecule has 1 atom stereocenters. The van der Waals surface area contributed by atoms with Crippen molar-refractivity contribution in [1.29, 1.82) is 0 Å². The maximum Gasteiger partial charge on any atom is 0.306 e. The van der Waals surface area contributed by atoms with Crippen molar-refractivity contribution in [3.05, 3.63) is 194 Å². The number of ether oxygens (including phenoxy) is 3. The molecule has 0 aliphatic carbocycles. The minimum Gasteiger partial charge on any atom is -0.462 e. The van der Waals surface area contributed by atoms with E-state index in [9.17, 15) is 14.4 Å². The zero-order valence-electron chi connectivity index (χ0n) is 48.6. The molecule has 0 radical (unpaired) electrons. The molecule has 6 heteroatoms. The van der Waals surface area contributed by atoms with Crippen LogP contribution in [0.3, 0.4) is 0 Å². The van der Waals surface area contributed by atoms with Gasteiger partial charge in [0.25, 0.3) is 0 Å². The van der Waals surface area contributed by atoms with Crippen LogP contribution in [0.5, 0.6) is 0 Å². The molecule has 0 aliphatic heterocycles. The molecular weight excluding hydrogens is 949 g/mol. The highest BCUT2D eigenvalue weighted by Crippen LogP contribution is 2.11. The Bertz CT molecular complexity index is 1880. The van der Waals surface area contributed by atoms with E-state index in [0.717, 1.165) is 154 Å². The summed E-state index contributed by atoms with van der Waals surface area (Å²) in [4.78, 5) is 38.2. The maximum atomic E-state index is 12.8. The van der Waals surface area contributed by atoms with Gasteiger partial charge in [0.15, 0.2) is 6.10 Å². The zero-order chi connectivity index (χ0) is 55.7. The minimum absolute atomic E-state index is 0.141. The second-order valence-electron chi connectivity index (χ2n) is 18.8. The van der Waals surface area contributed by atoms with Gasteiger partial charge in [-0.2, -0.15) is 0 Å². The van der Waals surface area contributed by atoms with Gasteiger partial charge in [-0.3, -0.25) is 14.4 Å². The molecule has 0 rings (SSSR count). The van der Waals surface area contributed by atoms with Gasteiger partial charge in [0.1, 0.15) is 13.2 Å². The molecule has 0 saturated carbocycles. The van der Waals surface area contributed by atoms with Crippen molar-refractivity contribution < 1.29 is 28.6 Å². The Morgan fingerprint density at radius 2 is 0.532 bits per heavy atom. The van der Waals surface area contributed by atoms with Crippen LogP contribution in [0.2, 0.25) is 0 Å². The molecule has 0 aromatic rings. The standard InChI is InChI=1S/C71H106O6/c1-4-7-10-13-16-19-22-25-27-29-31-32-33-34-35-36-37-38-40-41-43-46-49-52-55-58-61-64-70(73)76-67-68(66-75-69(72)63-60-57-54-51-48-45-24-21-18-15-12-9-6-3)77-71(74)65-62-59-56-53-50-47-44-42-39-30-28-26-23-20-17-14-11-8-5-2/h7-8,10-12,15-17,19-21,24-28,31-32,34-35,37-39,41-43,47,49-50,52,56,59,68H,4-6,9,13-14,18,22-23,29-30,33,36,40,44-46,48,51,53-55,57-58,60-67H2,1-3H3/b10-7-,11-8-,15-12-,19-16-,20-17-,24-21-,27-25-,28-26-,32-31-,35-34-,38-37-,42-39-,43-41-,50-47-,52-49-,59-56-. The Hall–Kier alpha value is -5.75. The molecular formula is C71H106O6. The van der Waals surface area contributed by atoms with E-state index in [-0.39, 0.29) is 38.0 Å². The molecule has 6 nitrogen and oxygen atoms in total. The summed E-state index contributed by atoms with van der Waals surface area (Å²) in [5, 5.41) is 0. The van der Waals surface area contributed by atoms with Gasteiger partial charge in [-0.05, 0) is 148 Å². The summed E-state index contributed by atoms with van der Waals surface area (Å²) in [5.41, 5.74) is 0. The molecule has 0 saturated heterocycles. The molecule has 0 amide bonds. The summed E-state index contributed by atoms with van der Waals surface area (Å²) >= 11 is 0. The number of unbranched alkanes of at least 4 members (excludes halogenated alkanes) is 8. The first-order valence-corrected chi connectivity index (χ1v) is 29.9. The highest BCUT2D eigenvalue weighted by Gasteiger charge is 2.19. The molecule has 0 heterocycles. The van der Waals surface area contributed by atoms with Crippen LogP contribution in [0.4, 0.5) is 0 Å². The normalized spacial score (nSPS) is 13.5. The number of hydrogen-bond donors (Lipinski definition) is 0. The van der Waals surface area contributed by atoms with Crippen molar-refractivity contribution in [2.24, 2.45) is 0 Å². The van der Waals surface area contributed by atoms with Crippen LogP contribution in [0.15, 0.2) is 194 Å². The van der Waals surface area contributed by atoms with E-state index >= 15 is 0 Å². The lowest BCUT2D eigenvalue weighted by Crippen LogP contribution is -2.30. The molecule has 1 unspecified atom stereocenters. The summed E-state index contributed by atoms with van der Waals surface area (Å²) in [6.07, 6.45) is 95.8. The van der Waals surface area contributed by atoms with E-state index in [1.54, 1.807) is 0 Å². The molecule has 0 aromatic heterocycles. The summed E-state index contributed by atoms with van der Waals surface area (Å²) in [6, 6.07) is 0. The average molecular weight is 1060 g/mol. The van der Waals surface area contributed by atoms with Gasteiger partial charge in [-0.15, -0.1) is 0 Å². The lowest BCUT2D eigenvalue weighted by atomic mass is 10.1. The van der Waals surface area contributed by atoms with E-state index in [4.69, 9.17) is 14.2 Å². The van der Waals surface area contributed by atoms with E-state index in [1.165, 1.54) is 6.42 Å². The Balaban J connectivity index is 4.58. The number of esters is 3. The number of hydrogen-bond acceptors (Lipinski definition) is 6. The van der Waals surface area contributed by atoms with Crippen LogP contribution in [0.25, 0.3) is 0 Å². The first-order chi connectivity index (χ1) is 38.0. The third kappa shape index (κ3) is 61.0. The fourth-order valence-corrected chi connectivity index (χ4v) is 7.17. The summed E-state index contributed by atoms with van der Waals surface area (Å²) in [5.74, 6) is -1.10. The third-order valence-electron chi connectivity index (χ3n) is 11.6. The summed E-state index contributed by atoms with van der Waals surface area (Å²) in [6.45, 7) is 6.21. The van der Waals surface area contributed by atoms with Crippen molar-refractivity contribution in [3.63, 3.8) is 0 Å². The lowest BCUT2D eigenvalue weighted by Gasteiger charge is -2.18. The van der Waals surface area contributed by atoms with Crippen molar-refractivity contribution in [2.75, 3.05) is 13.2 Å². The van der Waals surface area contributed by atoms with Crippen LogP contribution >= 0.6 is 0 Å². The zero-order valence-corrected chi connectivity index (χ0v) is 48.6. The van der Waals surface area contributed by atoms with Gasteiger partial charge < -0.3 is 14.2 Å². The van der Waals surface area contributed by atoms with Crippen LogP contribution in [-0.4, -0.2) is 37.2 Å². The molecule has 426 valence electrons. The highest BCUT2D eigenvalue weighted by molar-refractivity contribution is 5.71. The van der Waals surface area contributed by atoms with Crippen molar-refractivity contribution in [3.8, 4) is 0 Å². The maximum absolute atomic E-state index is 12.8. The van der Waals surface area contributed by atoms with Gasteiger partial charge in [-0.25, -0.2) is 0 Å². The molecule has 77 heavy (non-hydrogen) atoms. The first kappa shape index (κ1) is 71.2. The lowest BCUT2D eigenvalue weighted by molar-refractivity contribution is -0.166. The largest absolute Gasteiger partial charge is 0.462 e. The van der Waals surface area contributed by atoms with E-state index in [0.29, 0.717) is 19.3 Å². The second kappa shape index (κ2) is 62.8. The van der Waals surface area contributed by atoms with Crippen LogP contribution in [0, 0.1) is 0 Å². The monoisotopic (exact) mass is 1050 g/mol. The molecule has 0 bridgehead atoms. The van der Waals surface area contributed by atoms with Crippen molar-refractivity contribution in [2.45, 2.75) is 219 Å².